The van der Waals surface area contributed by atoms with Crippen LogP contribution in [0.15, 0.2) is 58.0 Å². The number of methoxy groups -OCH3 is 1. The lowest BCUT2D eigenvalue weighted by molar-refractivity contribution is 0.0997. The molecular formula is C20H19BrN2O2S. The van der Waals surface area contributed by atoms with Gasteiger partial charge in [-0.25, -0.2) is 0 Å². The standard InChI is InChI=1S/C20H19BrN2O2S/c1-4-23-18(14-8-10-16(21)11-9-14)13(2)26-20(23)22-19(24)15-6-5-7-17(12-15)25-3/h5-12H,4H2,1-3H3. The highest BCUT2D eigenvalue weighted by Crippen LogP contribution is 2.26. The number of carbonyl (C=O) groups excluding carboxylic acids is 1. The number of carbonyl (C=O) groups is 1. The molecule has 3 aromatic rings. The predicted octanol–water partition coefficient (Wildman–Crippen LogP) is 5.06. The van der Waals surface area contributed by atoms with Crippen molar-refractivity contribution < 1.29 is 9.53 Å². The number of hydrogen-bond acceptors (Lipinski definition) is 3. The van der Waals surface area contributed by atoms with Crippen LogP contribution in [0.2, 0.25) is 0 Å². The quantitative estimate of drug-likeness (QED) is 0.580. The molecule has 2 aromatic carbocycles. The van der Waals surface area contributed by atoms with E-state index in [4.69, 9.17) is 4.74 Å². The van der Waals surface area contributed by atoms with Crippen LogP contribution in [0.4, 0.5) is 0 Å². The summed E-state index contributed by atoms with van der Waals surface area (Å²) in [5, 5.41) is 0. The van der Waals surface area contributed by atoms with Gasteiger partial charge < -0.3 is 9.30 Å². The van der Waals surface area contributed by atoms with Gasteiger partial charge in [0.1, 0.15) is 5.75 Å². The largest absolute Gasteiger partial charge is 0.497 e. The van der Waals surface area contributed by atoms with Crippen molar-refractivity contribution >= 4 is 33.2 Å². The Bertz CT molecular complexity index is 1000. The number of aromatic nitrogens is 1. The maximum atomic E-state index is 12.6. The van der Waals surface area contributed by atoms with Gasteiger partial charge in [-0.1, -0.05) is 34.1 Å². The number of nitrogens with zero attached hydrogens (tertiary/aromatic N) is 2. The van der Waals surface area contributed by atoms with Gasteiger partial charge in [0.25, 0.3) is 5.91 Å². The molecule has 0 spiro atoms. The molecule has 6 heteroatoms. The maximum absolute atomic E-state index is 12.6. The molecule has 0 fully saturated rings. The van der Waals surface area contributed by atoms with Crippen molar-refractivity contribution in [3.8, 4) is 17.0 Å². The zero-order chi connectivity index (χ0) is 18.7. The number of halogens is 1. The summed E-state index contributed by atoms with van der Waals surface area (Å²) < 4.78 is 8.31. The van der Waals surface area contributed by atoms with Crippen LogP contribution in [0.1, 0.15) is 22.2 Å². The molecule has 0 N–H and O–H groups in total. The second-order valence-electron chi connectivity index (χ2n) is 5.69. The van der Waals surface area contributed by atoms with Gasteiger partial charge in [-0.05, 0) is 49.7 Å². The summed E-state index contributed by atoms with van der Waals surface area (Å²) >= 11 is 5.00. The Balaban J connectivity index is 2.07. The Kier molecular flexibility index (Phi) is 5.74. The van der Waals surface area contributed by atoms with E-state index in [1.165, 1.54) is 11.3 Å². The first-order valence-electron chi connectivity index (χ1n) is 8.22. The number of aryl methyl sites for hydroxylation is 1. The van der Waals surface area contributed by atoms with E-state index in [2.05, 4.69) is 51.5 Å². The van der Waals surface area contributed by atoms with Crippen LogP contribution in [0, 0.1) is 6.92 Å². The highest BCUT2D eigenvalue weighted by molar-refractivity contribution is 9.10. The first kappa shape index (κ1) is 18.6. The molecule has 0 atom stereocenters. The second-order valence-corrected chi connectivity index (χ2v) is 7.79. The number of thiazole rings is 1. The molecule has 0 bridgehead atoms. The van der Waals surface area contributed by atoms with Crippen LogP contribution in [0.5, 0.6) is 5.75 Å². The Morgan fingerprint density at radius 3 is 2.62 bits per heavy atom. The van der Waals surface area contributed by atoms with E-state index in [-0.39, 0.29) is 5.91 Å². The van der Waals surface area contributed by atoms with Crippen LogP contribution >= 0.6 is 27.3 Å². The molecule has 26 heavy (non-hydrogen) atoms. The van der Waals surface area contributed by atoms with E-state index < -0.39 is 0 Å². The monoisotopic (exact) mass is 430 g/mol. The van der Waals surface area contributed by atoms with E-state index in [1.54, 1.807) is 25.3 Å². The minimum Gasteiger partial charge on any atom is -0.497 e. The molecule has 0 saturated carbocycles. The normalized spacial score (nSPS) is 11.6. The molecule has 4 nitrogen and oxygen atoms in total. The minimum atomic E-state index is -0.269. The molecule has 0 aliphatic rings. The van der Waals surface area contributed by atoms with E-state index >= 15 is 0 Å². The van der Waals surface area contributed by atoms with Crippen LogP contribution in [-0.4, -0.2) is 17.6 Å². The highest BCUT2D eigenvalue weighted by atomic mass is 79.9. The van der Waals surface area contributed by atoms with E-state index in [9.17, 15) is 4.79 Å². The number of benzene rings is 2. The summed E-state index contributed by atoms with van der Waals surface area (Å²) in [5.41, 5.74) is 2.73. The fraction of sp³-hybridized carbons (Fsp3) is 0.200. The van der Waals surface area contributed by atoms with Gasteiger partial charge in [0.2, 0.25) is 0 Å². The van der Waals surface area contributed by atoms with Crippen LogP contribution in [0.3, 0.4) is 0 Å². The molecule has 1 amide bonds. The molecule has 0 unspecified atom stereocenters. The molecule has 0 radical (unpaired) electrons. The van der Waals surface area contributed by atoms with Gasteiger partial charge in [-0.2, -0.15) is 4.99 Å². The van der Waals surface area contributed by atoms with Crippen molar-refractivity contribution in [2.45, 2.75) is 20.4 Å². The Morgan fingerprint density at radius 1 is 1.23 bits per heavy atom. The maximum Gasteiger partial charge on any atom is 0.279 e. The van der Waals surface area contributed by atoms with Gasteiger partial charge in [-0.3, -0.25) is 4.79 Å². The van der Waals surface area contributed by atoms with E-state index in [0.29, 0.717) is 16.1 Å². The molecule has 3 rings (SSSR count). The smallest absolute Gasteiger partial charge is 0.279 e. The summed E-state index contributed by atoms with van der Waals surface area (Å²) in [5.74, 6) is 0.377. The van der Waals surface area contributed by atoms with Crippen molar-refractivity contribution in [2.24, 2.45) is 4.99 Å². The van der Waals surface area contributed by atoms with E-state index in [0.717, 1.165) is 27.2 Å². The lowest BCUT2D eigenvalue weighted by atomic mass is 10.1. The summed E-state index contributed by atoms with van der Waals surface area (Å²) in [6.07, 6.45) is 0. The Labute approximate surface area is 164 Å². The average Bonchev–Trinajstić information content (AvgIpc) is 2.97. The molecule has 1 heterocycles. The van der Waals surface area contributed by atoms with Crippen LogP contribution in [0.25, 0.3) is 11.3 Å². The molecule has 0 aliphatic heterocycles. The third-order valence-corrected chi connectivity index (χ3v) is 5.55. The van der Waals surface area contributed by atoms with Gasteiger partial charge >= 0.3 is 0 Å². The van der Waals surface area contributed by atoms with Crippen LogP contribution in [-0.2, 0) is 6.54 Å². The van der Waals surface area contributed by atoms with Crippen molar-refractivity contribution in [1.29, 1.82) is 0 Å². The number of amides is 1. The first-order chi connectivity index (χ1) is 12.5. The van der Waals surface area contributed by atoms with Crippen molar-refractivity contribution in [3.05, 3.63) is 68.2 Å². The van der Waals surface area contributed by atoms with Gasteiger partial charge in [-0.15, -0.1) is 11.3 Å². The Hall–Kier alpha value is -2.18. The molecule has 1 aromatic heterocycles. The average molecular weight is 431 g/mol. The fourth-order valence-electron chi connectivity index (χ4n) is 2.78. The molecule has 0 aliphatic carbocycles. The zero-order valence-electron chi connectivity index (χ0n) is 14.8. The van der Waals surface area contributed by atoms with E-state index in [1.807, 2.05) is 18.2 Å². The Morgan fingerprint density at radius 2 is 1.96 bits per heavy atom. The number of ether oxygens (including phenoxy) is 1. The predicted molar refractivity (Wildman–Crippen MR) is 109 cm³/mol. The third-order valence-electron chi connectivity index (χ3n) is 4.03. The SMILES string of the molecule is CCn1c(-c2ccc(Br)cc2)c(C)sc1=NC(=O)c1cccc(OC)c1. The summed E-state index contributed by atoms with van der Waals surface area (Å²) in [6.45, 7) is 4.85. The fourth-order valence-corrected chi connectivity index (χ4v) is 4.10. The number of rotatable bonds is 4. The minimum absolute atomic E-state index is 0.269. The van der Waals surface area contributed by atoms with Gasteiger partial charge in [0.05, 0.1) is 12.8 Å². The lowest BCUT2D eigenvalue weighted by Crippen LogP contribution is -2.17. The van der Waals surface area contributed by atoms with Gasteiger partial charge in [0.15, 0.2) is 4.80 Å². The zero-order valence-corrected chi connectivity index (χ0v) is 17.2. The topological polar surface area (TPSA) is 43.6 Å². The number of hydrogen-bond donors (Lipinski definition) is 0. The van der Waals surface area contributed by atoms with Crippen molar-refractivity contribution in [2.75, 3.05) is 7.11 Å². The molecule has 134 valence electrons. The van der Waals surface area contributed by atoms with Crippen molar-refractivity contribution in [1.82, 2.24) is 4.57 Å². The lowest BCUT2D eigenvalue weighted by Gasteiger charge is -2.08. The van der Waals surface area contributed by atoms with Gasteiger partial charge in [0, 0.05) is 21.5 Å². The molecule has 0 saturated heterocycles. The highest BCUT2D eigenvalue weighted by Gasteiger charge is 2.13. The summed E-state index contributed by atoms with van der Waals surface area (Å²) in [4.78, 5) is 18.8. The van der Waals surface area contributed by atoms with Crippen LogP contribution < -0.4 is 9.54 Å². The summed E-state index contributed by atoms with van der Waals surface area (Å²) in [6, 6.07) is 15.2. The van der Waals surface area contributed by atoms with Crippen molar-refractivity contribution in [3.63, 3.8) is 0 Å². The summed E-state index contributed by atoms with van der Waals surface area (Å²) in [7, 11) is 1.58. The second kappa shape index (κ2) is 8.01. The third kappa shape index (κ3) is 3.81. The first-order valence-corrected chi connectivity index (χ1v) is 9.83. The molecular weight excluding hydrogens is 412 g/mol.